The van der Waals surface area contributed by atoms with E-state index in [4.69, 9.17) is 21.5 Å². The highest BCUT2D eigenvalue weighted by atomic mass is 35.5. The van der Waals surface area contributed by atoms with E-state index in [0.29, 0.717) is 10.8 Å². The molecule has 0 fully saturated rings. The zero-order valence-electron chi connectivity index (χ0n) is 6.87. The van der Waals surface area contributed by atoms with Crippen LogP contribution in [0.3, 0.4) is 0 Å². The molecule has 0 saturated carbocycles. The molecule has 0 aliphatic carbocycles. The van der Waals surface area contributed by atoms with Gasteiger partial charge >= 0.3 is 0 Å². The Labute approximate surface area is 80.0 Å². The summed E-state index contributed by atoms with van der Waals surface area (Å²) in [5.74, 6) is -0.210. The van der Waals surface area contributed by atoms with Gasteiger partial charge in [-0.25, -0.2) is 5.48 Å². The monoisotopic (exact) mass is 201 g/mol. The van der Waals surface area contributed by atoms with Crippen molar-refractivity contribution >= 4 is 17.5 Å². The Morgan fingerprint density at radius 3 is 2.85 bits per heavy atom. The van der Waals surface area contributed by atoms with Crippen LogP contribution in [0.1, 0.15) is 10.4 Å². The highest BCUT2D eigenvalue weighted by Crippen LogP contribution is 2.24. The van der Waals surface area contributed by atoms with Gasteiger partial charge in [-0.3, -0.25) is 10.0 Å². The number of amides is 1. The Bertz CT molecular complexity index is 327. The number of halogens is 1. The van der Waals surface area contributed by atoms with Crippen molar-refractivity contribution in [3.05, 3.63) is 28.8 Å². The number of hydrogen-bond acceptors (Lipinski definition) is 3. The Morgan fingerprint density at radius 2 is 2.31 bits per heavy atom. The van der Waals surface area contributed by atoms with Crippen molar-refractivity contribution in [2.45, 2.75) is 0 Å². The number of carbonyl (C=O) groups excluding carboxylic acids is 1. The van der Waals surface area contributed by atoms with Gasteiger partial charge in [0.2, 0.25) is 0 Å². The quantitative estimate of drug-likeness (QED) is 0.563. The molecule has 0 spiro atoms. The molecular weight excluding hydrogens is 194 g/mol. The average molecular weight is 202 g/mol. The normalized spacial score (nSPS) is 9.46. The van der Waals surface area contributed by atoms with Gasteiger partial charge < -0.3 is 4.74 Å². The zero-order chi connectivity index (χ0) is 9.84. The first kappa shape index (κ1) is 9.83. The minimum absolute atomic E-state index is 0.281. The van der Waals surface area contributed by atoms with Crippen molar-refractivity contribution in [1.82, 2.24) is 5.48 Å². The van der Waals surface area contributed by atoms with Crippen molar-refractivity contribution in [2.75, 3.05) is 7.11 Å². The van der Waals surface area contributed by atoms with Gasteiger partial charge in [0.15, 0.2) is 0 Å². The van der Waals surface area contributed by atoms with E-state index in [-0.39, 0.29) is 5.56 Å². The number of hydroxylamine groups is 1. The van der Waals surface area contributed by atoms with Gasteiger partial charge in [-0.2, -0.15) is 0 Å². The van der Waals surface area contributed by atoms with Gasteiger partial charge in [-0.15, -0.1) is 0 Å². The van der Waals surface area contributed by atoms with Crippen LogP contribution in [0.25, 0.3) is 0 Å². The Morgan fingerprint density at radius 1 is 1.62 bits per heavy atom. The van der Waals surface area contributed by atoms with Crippen molar-refractivity contribution in [2.24, 2.45) is 0 Å². The molecule has 0 heterocycles. The largest absolute Gasteiger partial charge is 0.495 e. The number of benzene rings is 1. The van der Waals surface area contributed by atoms with Crippen LogP contribution in [0.15, 0.2) is 18.2 Å². The lowest BCUT2D eigenvalue weighted by atomic mass is 10.2. The lowest BCUT2D eigenvalue weighted by Gasteiger charge is -2.04. The molecule has 0 aliphatic rings. The molecule has 0 aliphatic heterocycles. The fourth-order valence-electron chi connectivity index (χ4n) is 0.866. The van der Waals surface area contributed by atoms with E-state index < -0.39 is 5.91 Å². The first-order valence-electron chi connectivity index (χ1n) is 3.47. The third-order valence-corrected chi connectivity index (χ3v) is 1.83. The van der Waals surface area contributed by atoms with E-state index in [9.17, 15) is 4.79 Å². The van der Waals surface area contributed by atoms with Crippen molar-refractivity contribution in [1.29, 1.82) is 0 Å². The van der Waals surface area contributed by atoms with E-state index in [2.05, 4.69) is 0 Å². The zero-order valence-corrected chi connectivity index (χ0v) is 7.63. The molecule has 13 heavy (non-hydrogen) atoms. The van der Waals surface area contributed by atoms with Crippen LogP contribution in [0.2, 0.25) is 5.02 Å². The average Bonchev–Trinajstić information content (AvgIpc) is 2.17. The first-order chi connectivity index (χ1) is 6.19. The molecule has 0 atom stereocenters. The summed E-state index contributed by atoms with van der Waals surface area (Å²) < 4.78 is 4.89. The third-order valence-electron chi connectivity index (χ3n) is 1.51. The summed E-state index contributed by atoms with van der Waals surface area (Å²) in [6.45, 7) is 0. The second-order valence-electron chi connectivity index (χ2n) is 2.29. The third kappa shape index (κ3) is 2.11. The Hall–Kier alpha value is -1.26. The van der Waals surface area contributed by atoms with Crippen LogP contribution in [0.4, 0.5) is 0 Å². The number of methoxy groups -OCH3 is 1. The van der Waals surface area contributed by atoms with Crippen molar-refractivity contribution in [3.63, 3.8) is 0 Å². The van der Waals surface area contributed by atoms with Crippen LogP contribution >= 0.6 is 11.6 Å². The summed E-state index contributed by atoms with van der Waals surface area (Å²) in [5, 5.41) is 8.76. The molecule has 0 bridgehead atoms. The summed E-state index contributed by atoms with van der Waals surface area (Å²) in [7, 11) is 1.45. The SMILES string of the molecule is COc1cc(C(=O)NO)ccc1Cl. The Kier molecular flexibility index (Phi) is 3.11. The highest BCUT2D eigenvalue weighted by molar-refractivity contribution is 6.32. The molecular formula is C8H8ClNO3. The van der Waals surface area contributed by atoms with E-state index in [1.54, 1.807) is 0 Å². The van der Waals surface area contributed by atoms with E-state index >= 15 is 0 Å². The van der Waals surface area contributed by atoms with Crippen LogP contribution < -0.4 is 10.2 Å². The lowest BCUT2D eigenvalue weighted by Crippen LogP contribution is -2.18. The topological polar surface area (TPSA) is 58.6 Å². The second-order valence-corrected chi connectivity index (χ2v) is 2.70. The minimum atomic E-state index is -0.602. The molecule has 1 aromatic rings. The minimum Gasteiger partial charge on any atom is -0.495 e. The predicted molar refractivity (Wildman–Crippen MR) is 47.3 cm³/mol. The smallest absolute Gasteiger partial charge is 0.274 e. The molecule has 4 nitrogen and oxygen atoms in total. The second kappa shape index (κ2) is 4.11. The van der Waals surface area contributed by atoms with Gasteiger partial charge in [0.25, 0.3) is 5.91 Å². The number of ether oxygens (including phenoxy) is 1. The van der Waals surface area contributed by atoms with E-state index in [0.717, 1.165) is 0 Å². The fourth-order valence-corrected chi connectivity index (χ4v) is 1.06. The maximum absolute atomic E-state index is 10.9. The van der Waals surface area contributed by atoms with Crippen LogP contribution in [0.5, 0.6) is 5.75 Å². The first-order valence-corrected chi connectivity index (χ1v) is 3.85. The summed E-state index contributed by atoms with van der Waals surface area (Å²) in [4.78, 5) is 10.9. The van der Waals surface area contributed by atoms with E-state index in [1.165, 1.54) is 30.8 Å². The molecule has 0 saturated heterocycles. The summed E-state index contributed by atoms with van der Waals surface area (Å²) in [6.07, 6.45) is 0. The number of carbonyl (C=O) groups is 1. The fraction of sp³-hybridized carbons (Fsp3) is 0.125. The maximum Gasteiger partial charge on any atom is 0.274 e. The number of nitrogens with one attached hydrogen (secondary N) is 1. The predicted octanol–water partition coefficient (Wildman–Crippen LogP) is 1.47. The molecule has 5 heteroatoms. The van der Waals surface area contributed by atoms with Crippen LogP contribution in [-0.4, -0.2) is 18.2 Å². The molecule has 70 valence electrons. The van der Waals surface area contributed by atoms with Crippen LogP contribution in [0, 0.1) is 0 Å². The van der Waals surface area contributed by atoms with Gasteiger partial charge in [0, 0.05) is 5.56 Å². The summed E-state index contributed by atoms with van der Waals surface area (Å²) in [5.41, 5.74) is 1.80. The number of rotatable bonds is 2. The van der Waals surface area contributed by atoms with E-state index in [1.807, 2.05) is 0 Å². The Balaban J connectivity index is 3.06. The van der Waals surface area contributed by atoms with Crippen LogP contribution in [-0.2, 0) is 0 Å². The standard InChI is InChI=1S/C8H8ClNO3/c1-13-7-4-5(8(11)10-12)2-3-6(7)9/h2-4,12H,1H3,(H,10,11). The molecule has 1 aromatic carbocycles. The summed E-state index contributed by atoms with van der Waals surface area (Å²) >= 11 is 5.73. The molecule has 0 aromatic heterocycles. The van der Waals surface area contributed by atoms with Gasteiger partial charge in [0.1, 0.15) is 5.75 Å². The summed E-state index contributed by atoms with van der Waals surface area (Å²) in [6, 6.07) is 4.44. The molecule has 0 radical (unpaired) electrons. The van der Waals surface area contributed by atoms with Gasteiger partial charge in [-0.1, -0.05) is 11.6 Å². The molecule has 1 amide bonds. The van der Waals surface area contributed by atoms with Crippen molar-refractivity contribution < 1.29 is 14.7 Å². The highest BCUT2D eigenvalue weighted by Gasteiger charge is 2.07. The number of hydrogen-bond donors (Lipinski definition) is 2. The molecule has 1 rings (SSSR count). The molecule has 2 N–H and O–H groups in total. The van der Waals surface area contributed by atoms with Crippen molar-refractivity contribution in [3.8, 4) is 5.75 Å². The lowest BCUT2D eigenvalue weighted by molar-refractivity contribution is 0.0706. The molecule has 0 unspecified atom stereocenters. The maximum atomic E-state index is 10.9. The van der Waals surface area contributed by atoms with Gasteiger partial charge in [0.05, 0.1) is 12.1 Å². The van der Waals surface area contributed by atoms with Gasteiger partial charge in [-0.05, 0) is 18.2 Å².